The van der Waals surface area contributed by atoms with E-state index in [2.05, 4.69) is 5.32 Å². The molecule has 0 atom stereocenters. The van der Waals surface area contributed by atoms with Crippen LogP contribution in [0.4, 0.5) is 0 Å². The fourth-order valence-corrected chi connectivity index (χ4v) is 2.08. The van der Waals surface area contributed by atoms with E-state index in [1.807, 2.05) is 31.2 Å². The summed E-state index contributed by atoms with van der Waals surface area (Å²) < 4.78 is 5.29. The van der Waals surface area contributed by atoms with Crippen LogP contribution in [-0.4, -0.2) is 25.7 Å². The minimum Gasteiger partial charge on any atom is -0.381 e. The van der Waals surface area contributed by atoms with Crippen LogP contribution < -0.4 is 5.32 Å². The van der Waals surface area contributed by atoms with Crippen LogP contribution in [-0.2, 0) is 4.74 Å². The molecule has 1 fully saturated rings. The third-order valence-electron chi connectivity index (χ3n) is 3.17. The highest BCUT2D eigenvalue weighted by atomic mass is 16.5. The number of ether oxygens (including phenoxy) is 1. The van der Waals surface area contributed by atoms with Crippen LogP contribution in [0.1, 0.15) is 28.8 Å². The summed E-state index contributed by atoms with van der Waals surface area (Å²) in [6.45, 7) is 4.40. The van der Waals surface area contributed by atoms with E-state index < -0.39 is 0 Å². The summed E-state index contributed by atoms with van der Waals surface area (Å²) in [6.07, 6.45) is 2.10. The zero-order valence-corrected chi connectivity index (χ0v) is 10.2. The number of hydrogen-bond acceptors (Lipinski definition) is 2. The number of hydrogen-bond donors (Lipinski definition) is 1. The maximum Gasteiger partial charge on any atom is 0.251 e. The topological polar surface area (TPSA) is 38.3 Å². The van der Waals surface area contributed by atoms with Crippen LogP contribution in [0.3, 0.4) is 0 Å². The van der Waals surface area contributed by atoms with E-state index in [4.69, 9.17) is 4.74 Å². The van der Waals surface area contributed by atoms with E-state index in [0.717, 1.165) is 43.7 Å². The minimum absolute atomic E-state index is 0.0280. The highest BCUT2D eigenvalue weighted by molar-refractivity contribution is 5.94. The number of rotatable bonds is 3. The Kier molecular flexibility index (Phi) is 4.15. The monoisotopic (exact) mass is 233 g/mol. The Morgan fingerprint density at radius 2 is 2.18 bits per heavy atom. The first-order valence-electron chi connectivity index (χ1n) is 6.18. The lowest BCUT2D eigenvalue weighted by Crippen LogP contribution is -2.32. The van der Waals surface area contributed by atoms with Crippen LogP contribution in [0.25, 0.3) is 0 Å². The Hall–Kier alpha value is -1.35. The molecule has 1 saturated heterocycles. The molecule has 0 bridgehead atoms. The molecule has 1 amide bonds. The predicted molar refractivity (Wildman–Crippen MR) is 67.1 cm³/mol. The van der Waals surface area contributed by atoms with Crippen LogP contribution >= 0.6 is 0 Å². The fourth-order valence-electron chi connectivity index (χ4n) is 2.08. The van der Waals surface area contributed by atoms with Crippen LogP contribution in [0.2, 0.25) is 0 Å². The molecular weight excluding hydrogens is 214 g/mol. The molecular formula is C14H19NO2. The second kappa shape index (κ2) is 5.82. The molecule has 3 heteroatoms. The average Bonchev–Trinajstić information content (AvgIpc) is 2.37. The van der Waals surface area contributed by atoms with Gasteiger partial charge >= 0.3 is 0 Å². The Labute approximate surface area is 102 Å². The van der Waals surface area contributed by atoms with Gasteiger partial charge < -0.3 is 10.1 Å². The molecule has 2 rings (SSSR count). The summed E-state index contributed by atoms with van der Waals surface area (Å²) in [5.41, 5.74) is 1.86. The van der Waals surface area contributed by atoms with Crippen molar-refractivity contribution in [2.45, 2.75) is 19.8 Å². The van der Waals surface area contributed by atoms with Crippen molar-refractivity contribution in [1.29, 1.82) is 0 Å². The lowest BCUT2D eigenvalue weighted by atomic mass is 10.0. The van der Waals surface area contributed by atoms with Gasteiger partial charge in [-0.05, 0) is 37.8 Å². The standard InChI is InChI=1S/C14H19NO2/c1-11-3-2-4-13(9-11)14(16)15-10-12-5-7-17-8-6-12/h2-4,9,12H,5-8,10H2,1H3,(H,15,16). The summed E-state index contributed by atoms with van der Waals surface area (Å²) in [7, 11) is 0. The second-order valence-electron chi connectivity index (χ2n) is 4.64. The molecule has 0 saturated carbocycles. The first-order chi connectivity index (χ1) is 8.25. The zero-order chi connectivity index (χ0) is 12.1. The average molecular weight is 233 g/mol. The highest BCUT2D eigenvalue weighted by Gasteiger charge is 2.15. The number of benzene rings is 1. The van der Waals surface area contributed by atoms with Crippen molar-refractivity contribution in [1.82, 2.24) is 5.32 Å². The van der Waals surface area contributed by atoms with E-state index in [1.54, 1.807) is 0 Å². The van der Waals surface area contributed by atoms with Crippen LogP contribution in [0, 0.1) is 12.8 Å². The van der Waals surface area contributed by atoms with Crippen molar-refractivity contribution in [2.24, 2.45) is 5.92 Å². The van der Waals surface area contributed by atoms with Crippen LogP contribution in [0.5, 0.6) is 0 Å². The number of amides is 1. The molecule has 1 N–H and O–H groups in total. The number of carbonyl (C=O) groups excluding carboxylic acids is 1. The van der Waals surface area contributed by atoms with Gasteiger partial charge in [-0.3, -0.25) is 4.79 Å². The molecule has 0 radical (unpaired) electrons. The van der Waals surface area contributed by atoms with E-state index in [0.29, 0.717) is 5.92 Å². The van der Waals surface area contributed by atoms with Crippen molar-refractivity contribution < 1.29 is 9.53 Å². The summed E-state index contributed by atoms with van der Waals surface area (Å²) in [5.74, 6) is 0.595. The largest absolute Gasteiger partial charge is 0.381 e. The Bertz CT molecular complexity index is 384. The lowest BCUT2D eigenvalue weighted by Gasteiger charge is -2.22. The third-order valence-corrected chi connectivity index (χ3v) is 3.17. The van der Waals surface area contributed by atoms with E-state index in [1.165, 1.54) is 0 Å². The first kappa shape index (κ1) is 12.1. The van der Waals surface area contributed by atoms with Gasteiger partial charge in [-0.25, -0.2) is 0 Å². The molecule has 92 valence electrons. The van der Waals surface area contributed by atoms with Gasteiger partial charge in [0.15, 0.2) is 0 Å². The van der Waals surface area contributed by atoms with Gasteiger partial charge in [0.25, 0.3) is 5.91 Å². The molecule has 1 aliphatic rings. The van der Waals surface area contributed by atoms with E-state index in [-0.39, 0.29) is 5.91 Å². The summed E-state index contributed by atoms with van der Waals surface area (Å²) in [4.78, 5) is 11.9. The van der Waals surface area contributed by atoms with Gasteiger partial charge in [-0.15, -0.1) is 0 Å². The Morgan fingerprint density at radius 1 is 1.41 bits per heavy atom. The molecule has 0 spiro atoms. The molecule has 17 heavy (non-hydrogen) atoms. The first-order valence-corrected chi connectivity index (χ1v) is 6.18. The number of carbonyl (C=O) groups is 1. The molecule has 0 unspecified atom stereocenters. The number of nitrogens with one attached hydrogen (secondary N) is 1. The van der Waals surface area contributed by atoms with E-state index in [9.17, 15) is 4.79 Å². The van der Waals surface area contributed by atoms with Crippen molar-refractivity contribution in [3.63, 3.8) is 0 Å². The SMILES string of the molecule is Cc1cccc(C(=O)NCC2CCOCC2)c1. The van der Waals surface area contributed by atoms with Crippen molar-refractivity contribution in [3.8, 4) is 0 Å². The van der Waals surface area contributed by atoms with Gasteiger partial charge in [0.1, 0.15) is 0 Å². The quantitative estimate of drug-likeness (QED) is 0.868. The second-order valence-corrected chi connectivity index (χ2v) is 4.64. The molecule has 3 nitrogen and oxygen atoms in total. The number of aryl methyl sites for hydroxylation is 1. The molecule has 1 aromatic carbocycles. The zero-order valence-electron chi connectivity index (χ0n) is 10.2. The summed E-state index contributed by atoms with van der Waals surface area (Å²) in [6, 6.07) is 7.68. The Morgan fingerprint density at radius 3 is 2.88 bits per heavy atom. The molecule has 1 aliphatic heterocycles. The van der Waals surface area contributed by atoms with E-state index >= 15 is 0 Å². The highest BCUT2D eigenvalue weighted by Crippen LogP contribution is 2.13. The predicted octanol–water partition coefficient (Wildman–Crippen LogP) is 2.15. The molecule has 1 aromatic rings. The summed E-state index contributed by atoms with van der Waals surface area (Å²) in [5, 5.41) is 3.00. The maximum atomic E-state index is 11.9. The Balaban J connectivity index is 1.84. The molecule has 1 heterocycles. The van der Waals surface area contributed by atoms with Crippen molar-refractivity contribution in [3.05, 3.63) is 35.4 Å². The molecule has 0 aromatic heterocycles. The summed E-state index contributed by atoms with van der Waals surface area (Å²) >= 11 is 0. The van der Waals surface area contributed by atoms with Crippen LogP contribution in [0.15, 0.2) is 24.3 Å². The van der Waals surface area contributed by atoms with Gasteiger partial charge in [-0.1, -0.05) is 17.7 Å². The molecule has 0 aliphatic carbocycles. The van der Waals surface area contributed by atoms with Crippen molar-refractivity contribution >= 4 is 5.91 Å². The van der Waals surface area contributed by atoms with Gasteiger partial charge in [0, 0.05) is 25.3 Å². The fraction of sp³-hybridized carbons (Fsp3) is 0.500. The lowest BCUT2D eigenvalue weighted by molar-refractivity contribution is 0.0642. The van der Waals surface area contributed by atoms with Crippen molar-refractivity contribution in [2.75, 3.05) is 19.8 Å². The van der Waals surface area contributed by atoms with Gasteiger partial charge in [0.05, 0.1) is 0 Å². The van der Waals surface area contributed by atoms with Gasteiger partial charge in [0.2, 0.25) is 0 Å². The maximum absolute atomic E-state index is 11.9. The smallest absolute Gasteiger partial charge is 0.251 e. The minimum atomic E-state index is 0.0280. The third kappa shape index (κ3) is 3.56. The normalized spacial score (nSPS) is 16.8. The van der Waals surface area contributed by atoms with Gasteiger partial charge in [-0.2, -0.15) is 0 Å².